The average molecular weight is 327 g/mol. The summed E-state index contributed by atoms with van der Waals surface area (Å²) >= 11 is 1.55. The number of amides is 1. The van der Waals surface area contributed by atoms with Crippen LogP contribution < -0.4 is 0 Å². The molecule has 3 aromatic rings. The van der Waals surface area contributed by atoms with Crippen molar-refractivity contribution >= 4 is 27.3 Å². The Hall–Kier alpha value is -2.18. The molecule has 1 aliphatic rings. The first-order valence-electron chi connectivity index (χ1n) is 7.55. The van der Waals surface area contributed by atoms with Crippen molar-refractivity contribution in [3.8, 4) is 0 Å². The number of nitrogens with zero attached hydrogens (tertiary/aromatic N) is 3. The number of methoxy groups -OCH3 is 1. The van der Waals surface area contributed by atoms with Gasteiger partial charge in [-0.05, 0) is 23.6 Å². The summed E-state index contributed by atoms with van der Waals surface area (Å²) in [5.41, 5.74) is 1.05. The molecule has 23 heavy (non-hydrogen) atoms. The second kappa shape index (κ2) is 5.79. The lowest BCUT2D eigenvalue weighted by Crippen LogP contribution is -2.42. The van der Waals surface area contributed by atoms with Gasteiger partial charge in [-0.15, -0.1) is 11.3 Å². The van der Waals surface area contributed by atoms with Crippen LogP contribution in [-0.4, -0.2) is 40.8 Å². The van der Waals surface area contributed by atoms with Crippen LogP contribution in [0.4, 0.5) is 0 Å². The quantitative estimate of drug-likeness (QED) is 0.743. The molecule has 0 saturated carbocycles. The second-order valence-corrected chi connectivity index (χ2v) is 6.79. The minimum atomic E-state index is 0.0667. The number of hydrogen-bond acceptors (Lipinski definition) is 4. The summed E-state index contributed by atoms with van der Waals surface area (Å²) < 4.78 is 8.41. The number of carbonyl (C=O) groups is 1. The predicted octanol–water partition coefficient (Wildman–Crippen LogP) is 2.94. The van der Waals surface area contributed by atoms with Gasteiger partial charge in [-0.1, -0.05) is 18.2 Å². The predicted molar refractivity (Wildman–Crippen MR) is 89.7 cm³/mol. The van der Waals surface area contributed by atoms with Crippen molar-refractivity contribution in [2.75, 3.05) is 20.3 Å². The molecule has 118 valence electrons. The highest BCUT2D eigenvalue weighted by molar-refractivity contribution is 7.20. The number of ether oxygens (including phenoxy) is 1. The highest BCUT2D eigenvalue weighted by Crippen LogP contribution is 2.28. The third-order valence-corrected chi connectivity index (χ3v) is 5.27. The van der Waals surface area contributed by atoms with Crippen molar-refractivity contribution in [3.05, 3.63) is 53.2 Å². The Labute approximate surface area is 138 Å². The van der Waals surface area contributed by atoms with E-state index in [0.29, 0.717) is 19.7 Å². The monoisotopic (exact) mass is 327 g/mol. The Morgan fingerprint density at radius 2 is 2.26 bits per heavy atom. The maximum absolute atomic E-state index is 12.9. The minimum Gasteiger partial charge on any atom is -0.382 e. The third-order valence-electron chi connectivity index (χ3n) is 4.16. The van der Waals surface area contributed by atoms with Crippen LogP contribution in [0.25, 0.3) is 10.1 Å². The fourth-order valence-corrected chi connectivity index (χ4v) is 4.13. The first-order chi connectivity index (χ1) is 11.3. The van der Waals surface area contributed by atoms with E-state index in [9.17, 15) is 4.79 Å². The zero-order chi connectivity index (χ0) is 15.8. The lowest BCUT2D eigenvalue weighted by Gasteiger charge is -2.33. The van der Waals surface area contributed by atoms with Crippen LogP contribution in [0.15, 0.2) is 42.6 Å². The maximum Gasteiger partial charge on any atom is 0.264 e. The molecule has 0 fully saturated rings. The van der Waals surface area contributed by atoms with Crippen LogP contribution in [0.5, 0.6) is 0 Å². The molecule has 0 radical (unpaired) electrons. The molecule has 0 unspecified atom stereocenters. The summed E-state index contributed by atoms with van der Waals surface area (Å²) in [6.07, 6.45) is 1.78. The molecule has 1 atom stereocenters. The fraction of sp³-hybridized carbons (Fsp3) is 0.294. The molecule has 0 aliphatic carbocycles. The van der Waals surface area contributed by atoms with Gasteiger partial charge in [-0.25, -0.2) is 0 Å². The zero-order valence-electron chi connectivity index (χ0n) is 12.8. The Morgan fingerprint density at radius 3 is 3.09 bits per heavy atom. The van der Waals surface area contributed by atoms with Crippen LogP contribution in [0, 0.1) is 0 Å². The fourth-order valence-electron chi connectivity index (χ4n) is 3.10. The summed E-state index contributed by atoms with van der Waals surface area (Å²) in [4.78, 5) is 15.6. The van der Waals surface area contributed by atoms with E-state index in [2.05, 4.69) is 11.2 Å². The molecule has 0 N–H and O–H groups in total. The molecule has 4 rings (SSSR count). The largest absolute Gasteiger partial charge is 0.382 e. The first kappa shape index (κ1) is 14.4. The summed E-state index contributed by atoms with van der Waals surface area (Å²) in [6.45, 7) is 1.76. The van der Waals surface area contributed by atoms with Gasteiger partial charge in [0, 0.05) is 24.6 Å². The lowest BCUT2D eigenvalue weighted by molar-refractivity contribution is 0.0583. The summed E-state index contributed by atoms with van der Waals surface area (Å²) in [6, 6.07) is 12.1. The number of fused-ring (bicyclic) bond motifs is 2. The Bertz CT molecular complexity index is 821. The molecular weight excluding hydrogens is 310 g/mol. The van der Waals surface area contributed by atoms with Crippen molar-refractivity contribution in [2.24, 2.45) is 0 Å². The molecule has 3 heterocycles. The molecule has 1 aliphatic heterocycles. The highest BCUT2D eigenvalue weighted by Gasteiger charge is 2.29. The van der Waals surface area contributed by atoms with Crippen LogP contribution in [-0.2, 0) is 11.3 Å². The van der Waals surface area contributed by atoms with E-state index in [1.807, 2.05) is 39.9 Å². The average Bonchev–Trinajstić information content (AvgIpc) is 3.20. The Morgan fingerprint density at radius 1 is 1.39 bits per heavy atom. The normalized spacial score (nSPS) is 17.4. The van der Waals surface area contributed by atoms with Gasteiger partial charge in [0.25, 0.3) is 5.91 Å². The number of benzene rings is 1. The zero-order valence-corrected chi connectivity index (χ0v) is 13.6. The molecule has 1 amide bonds. The van der Waals surface area contributed by atoms with E-state index in [0.717, 1.165) is 20.7 Å². The van der Waals surface area contributed by atoms with Gasteiger partial charge in [-0.2, -0.15) is 5.10 Å². The maximum atomic E-state index is 12.9. The molecule has 5 nitrogen and oxygen atoms in total. The van der Waals surface area contributed by atoms with Crippen LogP contribution in [0.2, 0.25) is 0 Å². The summed E-state index contributed by atoms with van der Waals surface area (Å²) in [7, 11) is 1.68. The van der Waals surface area contributed by atoms with E-state index in [4.69, 9.17) is 4.74 Å². The number of thiophene rings is 1. The lowest BCUT2D eigenvalue weighted by atomic mass is 10.2. The van der Waals surface area contributed by atoms with E-state index in [-0.39, 0.29) is 11.9 Å². The minimum absolute atomic E-state index is 0.0667. The van der Waals surface area contributed by atoms with E-state index >= 15 is 0 Å². The number of carbonyl (C=O) groups excluding carboxylic acids is 1. The molecule has 0 spiro atoms. The Kier molecular flexibility index (Phi) is 3.63. The second-order valence-electron chi connectivity index (χ2n) is 5.71. The molecule has 0 bridgehead atoms. The summed E-state index contributed by atoms with van der Waals surface area (Å²) in [5.74, 6) is 0.0831. The Balaban J connectivity index is 1.63. The molecule has 1 aromatic carbocycles. The van der Waals surface area contributed by atoms with Crippen molar-refractivity contribution in [1.82, 2.24) is 14.7 Å². The summed E-state index contributed by atoms with van der Waals surface area (Å²) in [5, 5.41) is 5.48. The molecule has 0 saturated heterocycles. The number of rotatable bonds is 3. The van der Waals surface area contributed by atoms with E-state index < -0.39 is 0 Å². The smallest absolute Gasteiger partial charge is 0.264 e. The first-order valence-corrected chi connectivity index (χ1v) is 8.37. The molecular formula is C17H17N3O2S. The number of aromatic nitrogens is 2. The van der Waals surface area contributed by atoms with Crippen molar-refractivity contribution in [1.29, 1.82) is 0 Å². The SMILES string of the molecule is COC[C@H]1CN(C(=O)c2cc3ccccc3s2)Cc2ccnn21. The molecule has 2 aromatic heterocycles. The van der Waals surface area contributed by atoms with Crippen molar-refractivity contribution < 1.29 is 9.53 Å². The highest BCUT2D eigenvalue weighted by atomic mass is 32.1. The van der Waals surface area contributed by atoms with E-state index in [1.54, 1.807) is 24.6 Å². The third kappa shape index (κ3) is 2.54. The topological polar surface area (TPSA) is 47.4 Å². The van der Waals surface area contributed by atoms with Gasteiger partial charge in [0.15, 0.2) is 0 Å². The number of hydrogen-bond donors (Lipinski definition) is 0. The van der Waals surface area contributed by atoms with Crippen LogP contribution in [0.1, 0.15) is 21.4 Å². The van der Waals surface area contributed by atoms with Gasteiger partial charge in [0.05, 0.1) is 29.8 Å². The van der Waals surface area contributed by atoms with Gasteiger partial charge in [-0.3, -0.25) is 9.48 Å². The van der Waals surface area contributed by atoms with Gasteiger partial charge in [0.1, 0.15) is 0 Å². The van der Waals surface area contributed by atoms with Gasteiger partial charge < -0.3 is 9.64 Å². The van der Waals surface area contributed by atoms with Gasteiger partial charge in [0.2, 0.25) is 0 Å². The van der Waals surface area contributed by atoms with Crippen molar-refractivity contribution in [2.45, 2.75) is 12.6 Å². The standard InChI is InChI=1S/C17H17N3O2S/c1-22-11-14-10-19(9-13-6-7-18-20(13)14)17(21)16-8-12-4-2-3-5-15(12)23-16/h2-8,14H,9-11H2,1H3/t14-/m1/s1. The molecule has 6 heteroatoms. The van der Waals surface area contributed by atoms with Crippen LogP contribution >= 0.6 is 11.3 Å². The van der Waals surface area contributed by atoms with Crippen molar-refractivity contribution in [3.63, 3.8) is 0 Å². The van der Waals surface area contributed by atoms with Gasteiger partial charge >= 0.3 is 0 Å². The van der Waals surface area contributed by atoms with E-state index in [1.165, 1.54) is 0 Å². The van der Waals surface area contributed by atoms with Crippen LogP contribution in [0.3, 0.4) is 0 Å².